The molecule has 0 aromatic rings. The van der Waals surface area contributed by atoms with E-state index in [4.69, 9.17) is 0 Å². The molecule has 98 valence electrons. The van der Waals surface area contributed by atoms with Gasteiger partial charge in [-0.2, -0.15) is 0 Å². The van der Waals surface area contributed by atoms with Crippen molar-refractivity contribution in [3.05, 3.63) is 0 Å². The Bertz CT molecular complexity index is 252. The Morgan fingerprint density at radius 1 is 1.12 bits per heavy atom. The van der Waals surface area contributed by atoms with Gasteiger partial charge in [0.05, 0.1) is 0 Å². The minimum atomic E-state index is 0.0788. The number of carbonyl (C=O) groups is 1. The molecule has 2 unspecified atom stereocenters. The van der Waals surface area contributed by atoms with Gasteiger partial charge < -0.3 is 15.3 Å². The molecule has 2 N–H and O–H groups in total. The van der Waals surface area contributed by atoms with E-state index in [1.807, 2.05) is 4.90 Å². The number of carbonyl (C=O) groups excluding carboxylic acids is 1. The van der Waals surface area contributed by atoms with E-state index in [0.29, 0.717) is 0 Å². The molecule has 1 heterocycles. The molecule has 0 aromatic heterocycles. The zero-order chi connectivity index (χ0) is 12.1. The van der Waals surface area contributed by atoms with Gasteiger partial charge in [0.2, 0.25) is 0 Å². The van der Waals surface area contributed by atoms with Crippen molar-refractivity contribution in [2.24, 2.45) is 5.92 Å². The predicted octanol–water partition coefficient (Wildman–Crippen LogP) is 1.73. The van der Waals surface area contributed by atoms with Gasteiger partial charge in [-0.05, 0) is 32.1 Å². The molecule has 1 aliphatic heterocycles. The number of aliphatic hydroxyl groups is 1. The van der Waals surface area contributed by atoms with E-state index in [2.05, 4.69) is 5.32 Å². The summed E-state index contributed by atoms with van der Waals surface area (Å²) in [5, 5.41) is 12.4. The van der Waals surface area contributed by atoms with E-state index in [-0.39, 0.29) is 24.6 Å². The molecular weight excluding hydrogens is 216 g/mol. The Labute approximate surface area is 103 Å². The third kappa shape index (κ3) is 3.35. The van der Waals surface area contributed by atoms with Crippen LogP contribution in [0.25, 0.3) is 0 Å². The van der Waals surface area contributed by atoms with E-state index in [1.165, 1.54) is 19.3 Å². The Kier molecular flexibility index (Phi) is 4.66. The number of aliphatic hydroxyl groups excluding tert-OH is 1. The van der Waals surface area contributed by atoms with Crippen LogP contribution in [0.5, 0.6) is 0 Å². The summed E-state index contributed by atoms with van der Waals surface area (Å²) < 4.78 is 0. The van der Waals surface area contributed by atoms with Crippen molar-refractivity contribution in [1.29, 1.82) is 0 Å². The van der Waals surface area contributed by atoms with Crippen molar-refractivity contribution in [3.8, 4) is 0 Å². The van der Waals surface area contributed by atoms with Gasteiger partial charge in [-0.15, -0.1) is 0 Å². The zero-order valence-electron chi connectivity index (χ0n) is 10.5. The predicted molar refractivity (Wildman–Crippen MR) is 66.8 cm³/mol. The monoisotopic (exact) mass is 240 g/mol. The molecule has 2 amide bonds. The molecule has 1 aliphatic carbocycles. The van der Waals surface area contributed by atoms with Crippen molar-refractivity contribution in [2.45, 2.75) is 51.0 Å². The molecule has 4 heteroatoms. The fraction of sp³-hybridized carbons (Fsp3) is 0.923. The van der Waals surface area contributed by atoms with E-state index in [9.17, 15) is 9.90 Å². The van der Waals surface area contributed by atoms with E-state index in [0.717, 1.165) is 38.8 Å². The lowest BCUT2D eigenvalue weighted by Crippen LogP contribution is -2.50. The molecule has 2 aliphatic rings. The molecular formula is C13H24N2O2. The average molecular weight is 240 g/mol. The van der Waals surface area contributed by atoms with Crippen LogP contribution >= 0.6 is 0 Å². The second-order valence-electron chi connectivity index (χ2n) is 5.33. The van der Waals surface area contributed by atoms with Crippen LogP contribution in [0.3, 0.4) is 0 Å². The topological polar surface area (TPSA) is 52.6 Å². The normalized spacial score (nSPS) is 30.1. The third-order valence-electron chi connectivity index (χ3n) is 4.10. The fourth-order valence-corrected chi connectivity index (χ4v) is 2.96. The maximum atomic E-state index is 12.1. The van der Waals surface area contributed by atoms with Gasteiger partial charge in [0.1, 0.15) is 0 Å². The van der Waals surface area contributed by atoms with E-state index < -0.39 is 0 Å². The van der Waals surface area contributed by atoms with Crippen LogP contribution in [0.1, 0.15) is 44.9 Å². The van der Waals surface area contributed by atoms with E-state index >= 15 is 0 Å². The van der Waals surface area contributed by atoms with Gasteiger partial charge in [-0.3, -0.25) is 0 Å². The summed E-state index contributed by atoms with van der Waals surface area (Å²) in [6.07, 6.45) is 7.91. The van der Waals surface area contributed by atoms with Crippen LogP contribution in [0.2, 0.25) is 0 Å². The first kappa shape index (κ1) is 12.7. The van der Waals surface area contributed by atoms with Crippen molar-refractivity contribution in [3.63, 3.8) is 0 Å². The maximum absolute atomic E-state index is 12.1. The van der Waals surface area contributed by atoms with Crippen LogP contribution in [0, 0.1) is 5.92 Å². The summed E-state index contributed by atoms with van der Waals surface area (Å²) in [6, 6.07) is 0.262. The second kappa shape index (κ2) is 6.24. The van der Waals surface area contributed by atoms with Gasteiger partial charge in [-0.25, -0.2) is 4.79 Å². The van der Waals surface area contributed by atoms with Crippen molar-refractivity contribution < 1.29 is 9.90 Å². The second-order valence-corrected chi connectivity index (χ2v) is 5.33. The SMILES string of the molecule is O=C(NC1CCCCC1CO)N1CCCCC1. The Hall–Kier alpha value is -0.770. The fourth-order valence-electron chi connectivity index (χ4n) is 2.96. The Morgan fingerprint density at radius 2 is 1.82 bits per heavy atom. The highest BCUT2D eigenvalue weighted by Crippen LogP contribution is 2.24. The van der Waals surface area contributed by atoms with Gasteiger partial charge in [-0.1, -0.05) is 12.8 Å². The molecule has 0 radical (unpaired) electrons. The number of likely N-dealkylation sites (tertiary alicyclic amines) is 1. The lowest BCUT2D eigenvalue weighted by atomic mass is 9.85. The zero-order valence-corrected chi connectivity index (χ0v) is 10.5. The molecule has 2 atom stereocenters. The maximum Gasteiger partial charge on any atom is 0.317 e. The first-order chi connectivity index (χ1) is 8.31. The Morgan fingerprint density at radius 3 is 2.53 bits per heavy atom. The van der Waals surface area contributed by atoms with Crippen molar-refractivity contribution >= 4 is 6.03 Å². The molecule has 4 nitrogen and oxygen atoms in total. The lowest BCUT2D eigenvalue weighted by Gasteiger charge is -2.34. The minimum Gasteiger partial charge on any atom is -0.396 e. The molecule has 0 bridgehead atoms. The molecule has 2 fully saturated rings. The van der Waals surface area contributed by atoms with Crippen LogP contribution in [0.4, 0.5) is 4.79 Å². The number of nitrogens with zero attached hydrogens (tertiary/aromatic N) is 1. The quantitative estimate of drug-likeness (QED) is 0.772. The standard InChI is InChI=1S/C13H24N2O2/c16-10-11-6-2-3-7-12(11)14-13(17)15-8-4-1-5-9-15/h11-12,16H,1-10H2,(H,14,17). The largest absolute Gasteiger partial charge is 0.396 e. The molecule has 0 spiro atoms. The number of hydrogen-bond acceptors (Lipinski definition) is 2. The van der Waals surface area contributed by atoms with Gasteiger partial charge in [0.15, 0.2) is 0 Å². The highest BCUT2D eigenvalue weighted by Gasteiger charge is 2.27. The van der Waals surface area contributed by atoms with Crippen LogP contribution in [-0.4, -0.2) is 41.8 Å². The summed E-state index contributed by atoms with van der Waals surface area (Å²) in [5.74, 6) is 0.262. The summed E-state index contributed by atoms with van der Waals surface area (Å²) in [6.45, 7) is 1.98. The van der Waals surface area contributed by atoms with Gasteiger partial charge in [0.25, 0.3) is 0 Å². The average Bonchev–Trinajstić information content (AvgIpc) is 2.40. The molecule has 2 rings (SSSR count). The summed E-state index contributed by atoms with van der Waals surface area (Å²) in [7, 11) is 0. The van der Waals surface area contributed by atoms with E-state index in [1.54, 1.807) is 0 Å². The van der Waals surface area contributed by atoms with Gasteiger partial charge >= 0.3 is 6.03 Å². The highest BCUT2D eigenvalue weighted by molar-refractivity contribution is 5.74. The summed E-state index contributed by atoms with van der Waals surface area (Å²) >= 11 is 0. The highest BCUT2D eigenvalue weighted by atomic mass is 16.3. The summed E-state index contributed by atoms with van der Waals surface area (Å²) in [4.78, 5) is 14.0. The van der Waals surface area contributed by atoms with Crippen molar-refractivity contribution in [1.82, 2.24) is 10.2 Å². The van der Waals surface area contributed by atoms with Crippen LogP contribution in [0.15, 0.2) is 0 Å². The first-order valence-corrected chi connectivity index (χ1v) is 6.97. The number of piperidine rings is 1. The molecule has 17 heavy (non-hydrogen) atoms. The molecule has 0 aromatic carbocycles. The third-order valence-corrected chi connectivity index (χ3v) is 4.10. The number of urea groups is 1. The smallest absolute Gasteiger partial charge is 0.317 e. The Balaban J connectivity index is 1.83. The minimum absolute atomic E-state index is 0.0788. The number of amides is 2. The molecule has 1 saturated heterocycles. The van der Waals surface area contributed by atoms with Crippen LogP contribution in [-0.2, 0) is 0 Å². The summed E-state index contributed by atoms with van der Waals surface area (Å²) in [5.41, 5.74) is 0. The first-order valence-electron chi connectivity index (χ1n) is 6.97. The lowest BCUT2D eigenvalue weighted by molar-refractivity contribution is 0.140. The van der Waals surface area contributed by atoms with Crippen molar-refractivity contribution in [2.75, 3.05) is 19.7 Å². The molecule has 1 saturated carbocycles. The van der Waals surface area contributed by atoms with Crippen LogP contribution < -0.4 is 5.32 Å². The number of nitrogens with one attached hydrogen (secondary N) is 1. The van der Waals surface area contributed by atoms with Gasteiger partial charge in [0, 0.05) is 31.7 Å². The number of rotatable bonds is 2. The number of hydrogen-bond donors (Lipinski definition) is 2.